The van der Waals surface area contributed by atoms with Crippen LogP contribution >= 0.6 is 0 Å². The number of hydrogen-bond donors (Lipinski definition) is 0. The summed E-state index contributed by atoms with van der Waals surface area (Å²) >= 11 is 0. The molecule has 4 heteroatoms. The molecule has 0 radical (unpaired) electrons. The van der Waals surface area contributed by atoms with Crippen LogP contribution in [0.5, 0.6) is 0 Å². The molecule has 0 bridgehead atoms. The summed E-state index contributed by atoms with van der Waals surface area (Å²) in [6.07, 6.45) is 3.88. The molecule has 4 rings (SSSR count). The van der Waals surface area contributed by atoms with Crippen LogP contribution < -0.4 is 0 Å². The van der Waals surface area contributed by atoms with Crippen LogP contribution in [0.4, 0.5) is 0 Å². The van der Waals surface area contributed by atoms with Gasteiger partial charge >= 0.3 is 0 Å². The Hall–Kier alpha value is -2.49. The van der Waals surface area contributed by atoms with Gasteiger partial charge < -0.3 is 13.9 Å². The van der Waals surface area contributed by atoms with Gasteiger partial charge in [-0.2, -0.15) is 0 Å². The lowest BCUT2D eigenvalue weighted by Gasteiger charge is -2.17. The van der Waals surface area contributed by atoms with E-state index in [1.54, 1.807) is 6.26 Å². The lowest BCUT2D eigenvalue weighted by molar-refractivity contribution is 0.0782. The van der Waals surface area contributed by atoms with Crippen molar-refractivity contribution in [2.24, 2.45) is 0 Å². The average Bonchev–Trinajstić information content (AvgIpc) is 3.26. The first-order valence-corrected chi connectivity index (χ1v) is 8.14. The second kappa shape index (κ2) is 5.61. The third kappa shape index (κ3) is 2.44. The molecule has 2 aromatic heterocycles. The zero-order valence-corrected chi connectivity index (χ0v) is 13.3. The minimum Gasteiger partial charge on any atom is -0.448 e. The van der Waals surface area contributed by atoms with Crippen molar-refractivity contribution in [2.75, 3.05) is 13.1 Å². The number of likely N-dealkylation sites (tertiary alicyclic amines) is 1. The summed E-state index contributed by atoms with van der Waals surface area (Å²) in [5, 5.41) is 0.987. The zero-order valence-electron chi connectivity index (χ0n) is 13.3. The number of aromatic nitrogens is 1. The minimum atomic E-state index is 0.113. The predicted molar refractivity (Wildman–Crippen MR) is 89.6 cm³/mol. The molecule has 0 unspecified atom stereocenters. The number of carbonyl (C=O) groups is 1. The predicted octanol–water partition coefficient (Wildman–Crippen LogP) is 3.83. The second-order valence-electron chi connectivity index (χ2n) is 6.22. The standard InChI is InChI=1S/C19H20N2O2/c1-14-6-2-3-7-16(14)13-21-17(12-15-8-11-23-19(15)21)18(22)20-9-4-5-10-20/h2-3,6-8,11-12H,4-5,9-10,13H2,1H3. The molecule has 3 aromatic rings. The summed E-state index contributed by atoms with van der Waals surface area (Å²) in [5.41, 5.74) is 3.93. The summed E-state index contributed by atoms with van der Waals surface area (Å²) in [6.45, 7) is 4.46. The highest BCUT2D eigenvalue weighted by atomic mass is 16.3. The first-order chi connectivity index (χ1) is 11.2. The Morgan fingerprint density at radius 2 is 1.96 bits per heavy atom. The van der Waals surface area contributed by atoms with E-state index in [1.165, 1.54) is 11.1 Å². The van der Waals surface area contributed by atoms with Crippen molar-refractivity contribution in [2.45, 2.75) is 26.3 Å². The first kappa shape index (κ1) is 14.1. The van der Waals surface area contributed by atoms with Crippen LogP contribution in [0, 0.1) is 6.92 Å². The lowest BCUT2D eigenvalue weighted by atomic mass is 10.1. The van der Waals surface area contributed by atoms with E-state index in [1.807, 2.05) is 33.7 Å². The lowest BCUT2D eigenvalue weighted by Crippen LogP contribution is -2.29. The maximum atomic E-state index is 12.9. The van der Waals surface area contributed by atoms with Gasteiger partial charge in [-0.15, -0.1) is 0 Å². The highest BCUT2D eigenvalue weighted by molar-refractivity contribution is 5.97. The van der Waals surface area contributed by atoms with Crippen molar-refractivity contribution < 1.29 is 9.21 Å². The molecule has 1 aromatic carbocycles. The van der Waals surface area contributed by atoms with Gasteiger partial charge in [0.2, 0.25) is 5.71 Å². The fourth-order valence-corrected chi connectivity index (χ4v) is 3.35. The monoisotopic (exact) mass is 308 g/mol. The van der Waals surface area contributed by atoms with Gasteiger partial charge in [0.15, 0.2) is 0 Å². The fourth-order valence-electron chi connectivity index (χ4n) is 3.35. The molecule has 1 fully saturated rings. The number of hydrogen-bond acceptors (Lipinski definition) is 2. The Balaban J connectivity index is 1.77. The van der Waals surface area contributed by atoms with E-state index in [2.05, 4.69) is 19.1 Å². The SMILES string of the molecule is Cc1ccccc1Cn1c(C(=O)N2CCCC2)cc2ccoc21. The first-order valence-electron chi connectivity index (χ1n) is 8.14. The van der Waals surface area contributed by atoms with Gasteiger partial charge in [0.05, 0.1) is 12.8 Å². The average molecular weight is 308 g/mol. The highest BCUT2D eigenvalue weighted by Crippen LogP contribution is 2.25. The van der Waals surface area contributed by atoms with E-state index in [-0.39, 0.29) is 5.91 Å². The summed E-state index contributed by atoms with van der Waals surface area (Å²) in [5.74, 6) is 0.113. The zero-order chi connectivity index (χ0) is 15.8. The number of furan rings is 1. The van der Waals surface area contributed by atoms with Crippen LogP contribution in [-0.4, -0.2) is 28.5 Å². The van der Waals surface area contributed by atoms with Crippen molar-refractivity contribution in [1.82, 2.24) is 9.47 Å². The molecule has 3 heterocycles. The molecular formula is C19H20N2O2. The van der Waals surface area contributed by atoms with Crippen molar-refractivity contribution in [1.29, 1.82) is 0 Å². The summed E-state index contributed by atoms with van der Waals surface area (Å²) in [4.78, 5) is 14.8. The van der Waals surface area contributed by atoms with Gasteiger partial charge in [-0.3, -0.25) is 4.79 Å². The third-order valence-corrected chi connectivity index (χ3v) is 4.70. The molecule has 1 aliphatic rings. The Morgan fingerprint density at radius 3 is 2.74 bits per heavy atom. The van der Waals surface area contributed by atoms with Crippen LogP contribution in [0.15, 0.2) is 47.1 Å². The van der Waals surface area contributed by atoms with Gasteiger partial charge in [-0.25, -0.2) is 0 Å². The highest BCUT2D eigenvalue weighted by Gasteiger charge is 2.25. The summed E-state index contributed by atoms with van der Waals surface area (Å²) in [7, 11) is 0. The fraction of sp³-hybridized carbons (Fsp3) is 0.316. The second-order valence-corrected chi connectivity index (χ2v) is 6.22. The molecule has 1 aliphatic heterocycles. The minimum absolute atomic E-state index is 0.113. The Morgan fingerprint density at radius 1 is 1.17 bits per heavy atom. The molecular weight excluding hydrogens is 288 g/mol. The molecule has 0 atom stereocenters. The third-order valence-electron chi connectivity index (χ3n) is 4.70. The van der Waals surface area contributed by atoms with Crippen LogP contribution in [0.1, 0.15) is 34.5 Å². The number of amides is 1. The van der Waals surface area contributed by atoms with E-state index >= 15 is 0 Å². The number of nitrogens with zero attached hydrogens (tertiary/aromatic N) is 2. The maximum Gasteiger partial charge on any atom is 0.270 e. The van der Waals surface area contributed by atoms with Crippen molar-refractivity contribution >= 4 is 17.0 Å². The Labute approximate surface area is 135 Å². The normalized spacial score (nSPS) is 14.7. The van der Waals surface area contributed by atoms with Gasteiger partial charge in [-0.05, 0) is 43.0 Å². The van der Waals surface area contributed by atoms with Crippen LogP contribution in [-0.2, 0) is 6.54 Å². The van der Waals surface area contributed by atoms with Gasteiger partial charge in [0.1, 0.15) is 5.69 Å². The molecule has 118 valence electrons. The molecule has 0 aliphatic carbocycles. The summed E-state index contributed by atoms with van der Waals surface area (Å²) in [6, 6.07) is 12.1. The molecule has 1 saturated heterocycles. The van der Waals surface area contributed by atoms with Crippen LogP contribution in [0.2, 0.25) is 0 Å². The number of benzene rings is 1. The van der Waals surface area contributed by atoms with E-state index in [4.69, 9.17) is 4.42 Å². The number of carbonyl (C=O) groups excluding carboxylic acids is 1. The quantitative estimate of drug-likeness (QED) is 0.737. The number of aryl methyl sites for hydroxylation is 1. The Kier molecular flexibility index (Phi) is 3.45. The molecule has 23 heavy (non-hydrogen) atoms. The van der Waals surface area contributed by atoms with Crippen molar-refractivity contribution in [3.8, 4) is 0 Å². The smallest absolute Gasteiger partial charge is 0.270 e. The molecule has 0 N–H and O–H groups in total. The Bertz CT molecular complexity index is 853. The van der Waals surface area contributed by atoms with E-state index in [0.717, 1.165) is 42.7 Å². The largest absolute Gasteiger partial charge is 0.448 e. The summed E-state index contributed by atoms with van der Waals surface area (Å²) < 4.78 is 7.66. The number of fused-ring (bicyclic) bond motifs is 1. The van der Waals surface area contributed by atoms with E-state index in [0.29, 0.717) is 6.54 Å². The molecule has 4 nitrogen and oxygen atoms in total. The molecule has 1 amide bonds. The van der Waals surface area contributed by atoms with E-state index in [9.17, 15) is 4.79 Å². The van der Waals surface area contributed by atoms with Crippen molar-refractivity contribution in [3.05, 3.63) is 59.5 Å². The number of rotatable bonds is 3. The van der Waals surface area contributed by atoms with Gasteiger partial charge in [0.25, 0.3) is 5.91 Å². The van der Waals surface area contributed by atoms with Crippen LogP contribution in [0.3, 0.4) is 0 Å². The van der Waals surface area contributed by atoms with Gasteiger partial charge in [-0.1, -0.05) is 24.3 Å². The van der Waals surface area contributed by atoms with Crippen LogP contribution in [0.25, 0.3) is 11.1 Å². The molecule has 0 saturated carbocycles. The maximum absolute atomic E-state index is 12.9. The van der Waals surface area contributed by atoms with Crippen molar-refractivity contribution in [3.63, 3.8) is 0 Å². The van der Waals surface area contributed by atoms with E-state index < -0.39 is 0 Å². The topological polar surface area (TPSA) is 38.4 Å². The van der Waals surface area contributed by atoms with Gasteiger partial charge in [0, 0.05) is 18.5 Å². The molecule has 0 spiro atoms.